The Morgan fingerprint density at radius 3 is 2.59 bits per heavy atom. The molecular formula is C12H18FNO2S. The first-order valence-electron chi connectivity index (χ1n) is 5.49. The SMILES string of the molecule is Cc1ccc(C(N)CCCS(C)(=O)=O)cc1F. The number of halogens is 1. The van der Waals surface area contributed by atoms with Gasteiger partial charge >= 0.3 is 0 Å². The van der Waals surface area contributed by atoms with Gasteiger partial charge in [0.05, 0.1) is 0 Å². The van der Waals surface area contributed by atoms with Crippen molar-refractivity contribution in [1.82, 2.24) is 0 Å². The molecule has 0 saturated heterocycles. The molecule has 1 aromatic carbocycles. The van der Waals surface area contributed by atoms with Crippen LogP contribution in [-0.4, -0.2) is 20.4 Å². The number of hydrogen-bond acceptors (Lipinski definition) is 3. The van der Waals surface area contributed by atoms with Gasteiger partial charge in [-0.15, -0.1) is 0 Å². The van der Waals surface area contributed by atoms with Crippen LogP contribution in [0.25, 0.3) is 0 Å². The Kier molecular flexibility index (Phi) is 4.65. The third-order valence-electron chi connectivity index (χ3n) is 2.65. The van der Waals surface area contributed by atoms with E-state index in [4.69, 9.17) is 5.73 Å². The number of hydrogen-bond donors (Lipinski definition) is 1. The second kappa shape index (κ2) is 5.60. The van der Waals surface area contributed by atoms with E-state index in [0.29, 0.717) is 24.0 Å². The van der Waals surface area contributed by atoms with Gasteiger partial charge in [0.2, 0.25) is 0 Å². The van der Waals surface area contributed by atoms with E-state index in [-0.39, 0.29) is 17.6 Å². The normalized spacial score (nSPS) is 13.6. The van der Waals surface area contributed by atoms with E-state index in [1.165, 1.54) is 12.3 Å². The summed E-state index contributed by atoms with van der Waals surface area (Å²) in [5.41, 5.74) is 7.17. The van der Waals surface area contributed by atoms with Crippen molar-refractivity contribution in [3.63, 3.8) is 0 Å². The fourth-order valence-corrected chi connectivity index (χ4v) is 2.26. The van der Waals surface area contributed by atoms with Gasteiger partial charge in [-0.2, -0.15) is 0 Å². The van der Waals surface area contributed by atoms with Crippen molar-refractivity contribution >= 4 is 9.84 Å². The summed E-state index contributed by atoms with van der Waals surface area (Å²) in [6, 6.07) is 4.57. The zero-order valence-corrected chi connectivity index (χ0v) is 10.9. The predicted molar refractivity (Wildman–Crippen MR) is 67.0 cm³/mol. The maximum absolute atomic E-state index is 13.3. The molecule has 0 saturated carbocycles. The lowest BCUT2D eigenvalue weighted by Crippen LogP contribution is -2.13. The van der Waals surface area contributed by atoms with E-state index in [2.05, 4.69) is 0 Å². The Balaban J connectivity index is 2.58. The highest BCUT2D eigenvalue weighted by atomic mass is 32.2. The molecule has 1 rings (SSSR count). The number of sulfone groups is 1. The van der Waals surface area contributed by atoms with Gasteiger partial charge in [0.15, 0.2) is 0 Å². The van der Waals surface area contributed by atoms with Gasteiger partial charge in [-0.1, -0.05) is 12.1 Å². The molecule has 0 aliphatic heterocycles. The van der Waals surface area contributed by atoms with Gasteiger partial charge in [0, 0.05) is 18.1 Å². The largest absolute Gasteiger partial charge is 0.324 e. The average Bonchev–Trinajstić information content (AvgIpc) is 2.20. The lowest BCUT2D eigenvalue weighted by atomic mass is 10.0. The van der Waals surface area contributed by atoms with Gasteiger partial charge < -0.3 is 5.73 Å². The first-order chi connectivity index (χ1) is 7.79. The lowest BCUT2D eigenvalue weighted by molar-refractivity contribution is 0.582. The second-order valence-corrected chi connectivity index (χ2v) is 6.65. The Bertz CT molecular complexity index is 485. The average molecular weight is 259 g/mol. The molecule has 0 bridgehead atoms. The van der Waals surface area contributed by atoms with Crippen molar-refractivity contribution in [3.05, 3.63) is 35.1 Å². The van der Waals surface area contributed by atoms with Crippen LogP contribution in [0.15, 0.2) is 18.2 Å². The summed E-state index contributed by atoms with van der Waals surface area (Å²) in [6.07, 6.45) is 2.23. The molecule has 5 heteroatoms. The Labute approximate surface area is 102 Å². The monoisotopic (exact) mass is 259 g/mol. The molecular weight excluding hydrogens is 241 g/mol. The maximum Gasteiger partial charge on any atom is 0.147 e. The van der Waals surface area contributed by atoms with E-state index in [0.717, 1.165) is 0 Å². The third kappa shape index (κ3) is 4.83. The van der Waals surface area contributed by atoms with Gasteiger partial charge in [-0.05, 0) is 37.0 Å². The molecule has 0 aromatic heterocycles. The van der Waals surface area contributed by atoms with Crippen molar-refractivity contribution < 1.29 is 12.8 Å². The number of nitrogens with two attached hydrogens (primary N) is 1. The summed E-state index contributed by atoms with van der Waals surface area (Å²) in [4.78, 5) is 0. The lowest BCUT2D eigenvalue weighted by Gasteiger charge is -2.12. The molecule has 2 N–H and O–H groups in total. The van der Waals surface area contributed by atoms with Crippen LogP contribution >= 0.6 is 0 Å². The highest BCUT2D eigenvalue weighted by Gasteiger charge is 2.10. The van der Waals surface area contributed by atoms with Crippen LogP contribution in [0.5, 0.6) is 0 Å². The molecule has 1 atom stereocenters. The molecule has 0 radical (unpaired) electrons. The van der Waals surface area contributed by atoms with Gasteiger partial charge in [-0.3, -0.25) is 0 Å². The molecule has 3 nitrogen and oxygen atoms in total. The summed E-state index contributed by atoms with van der Waals surface area (Å²) in [6.45, 7) is 1.69. The molecule has 0 aliphatic carbocycles. The summed E-state index contributed by atoms with van der Waals surface area (Å²) >= 11 is 0. The predicted octanol–water partition coefficient (Wildman–Crippen LogP) is 1.96. The van der Waals surface area contributed by atoms with Crippen molar-refractivity contribution in [2.24, 2.45) is 5.73 Å². The van der Waals surface area contributed by atoms with E-state index in [9.17, 15) is 12.8 Å². The van der Waals surface area contributed by atoms with Gasteiger partial charge in [-0.25, -0.2) is 12.8 Å². The van der Waals surface area contributed by atoms with Crippen LogP contribution in [-0.2, 0) is 9.84 Å². The quantitative estimate of drug-likeness (QED) is 0.879. The molecule has 1 unspecified atom stereocenters. The minimum absolute atomic E-state index is 0.120. The van der Waals surface area contributed by atoms with Crippen molar-refractivity contribution in [1.29, 1.82) is 0 Å². The Morgan fingerprint density at radius 1 is 1.41 bits per heavy atom. The van der Waals surface area contributed by atoms with Crippen LogP contribution in [0.4, 0.5) is 4.39 Å². The molecule has 0 fully saturated rings. The minimum Gasteiger partial charge on any atom is -0.324 e. The van der Waals surface area contributed by atoms with Crippen LogP contribution in [0.2, 0.25) is 0 Å². The van der Waals surface area contributed by atoms with Crippen LogP contribution in [0.3, 0.4) is 0 Å². The summed E-state index contributed by atoms with van der Waals surface area (Å²) in [5, 5.41) is 0. The summed E-state index contributed by atoms with van der Waals surface area (Å²) in [5.74, 6) is -0.157. The molecule has 0 aliphatic rings. The van der Waals surface area contributed by atoms with E-state index < -0.39 is 9.84 Å². The molecule has 0 amide bonds. The van der Waals surface area contributed by atoms with E-state index in [1.807, 2.05) is 0 Å². The zero-order chi connectivity index (χ0) is 13.1. The van der Waals surface area contributed by atoms with Gasteiger partial charge in [0.25, 0.3) is 0 Å². The van der Waals surface area contributed by atoms with Crippen molar-refractivity contribution in [2.75, 3.05) is 12.0 Å². The second-order valence-electron chi connectivity index (χ2n) is 4.39. The molecule has 0 heterocycles. The summed E-state index contributed by atoms with van der Waals surface area (Å²) in [7, 11) is -2.95. The Hall–Kier alpha value is -0.940. The molecule has 0 spiro atoms. The third-order valence-corrected chi connectivity index (χ3v) is 3.68. The van der Waals surface area contributed by atoms with E-state index >= 15 is 0 Å². The maximum atomic E-state index is 13.3. The van der Waals surface area contributed by atoms with Crippen LogP contribution in [0, 0.1) is 12.7 Å². The van der Waals surface area contributed by atoms with Crippen molar-refractivity contribution in [3.8, 4) is 0 Å². The smallest absolute Gasteiger partial charge is 0.147 e. The van der Waals surface area contributed by atoms with Crippen molar-refractivity contribution in [2.45, 2.75) is 25.8 Å². The highest BCUT2D eigenvalue weighted by molar-refractivity contribution is 7.90. The first kappa shape index (κ1) is 14.1. The fourth-order valence-electron chi connectivity index (χ4n) is 1.57. The van der Waals surface area contributed by atoms with Crippen LogP contribution in [0.1, 0.15) is 30.0 Å². The molecule has 17 heavy (non-hydrogen) atoms. The van der Waals surface area contributed by atoms with Crippen LogP contribution < -0.4 is 5.73 Å². The summed E-state index contributed by atoms with van der Waals surface area (Å²) < 4.78 is 35.2. The number of aryl methyl sites for hydroxylation is 1. The van der Waals surface area contributed by atoms with E-state index in [1.54, 1.807) is 19.1 Å². The highest BCUT2D eigenvalue weighted by Crippen LogP contribution is 2.18. The number of rotatable bonds is 5. The molecule has 1 aromatic rings. The standard InChI is InChI=1S/C12H18FNO2S/c1-9-5-6-10(8-11(9)13)12(14)4-3-7-17(2,15)16/h5-6,8,12H,3-4,7,14H2,1-2H3. The zero-order valence-electron chi connectivity index (χ0n) is 10.1. The minimum atomic E-state index is -2.95. The first-order valence-corrected chi connectivity index (χ1v) is 7.55. The van der Waals surface area contributed by atoms with Gasteiger partial charge in [0.1, 0.15) is 15.7 Å². The number of benzene rings is 1. The fraction of sp³-hybridized carbons (Fsp3) is 0.500. The Morgan fingerprint density at radius 2 is 2.06 bits per heavy atom. The topological polar surface area (TPSA) is 60.2 Å². The molecule has 96 valence electrons.